The maximum absolute atomic E-state index is 12.1. The van der Waals surface area contributed by atoms with Crippen molar-refractivity contribution in [2.75, 3.05) is 26.3 Å². The smallest absolute Gasteiger partial charge is 0.176 e. The molecule has 1 saturated heterocycles. The molecule has 1 heterocycles. The number of carbonyl (C=O) groups excluding carboxylic acids is 1. The number of ether oxygens (including phenoxy) is 1. The van der Waals surface area contributed by atoms with Gasteiger partial charge in [-0.05, 0) is 22.4 Å². The minimum absolute atomic E-state index is 0.218. The molecule has 4 heteroatoms. The van der Waals surface area contributed by atoms with E-state index >= 15 is 0 Å². The predicted octanol–water partition coefficient (Wildman–Crippen LogP) is 1.97. The topological polar surface area (TPSA) is 29.5 Å². The van der Waals surface area contributed by atoms with Gasteiger partial charge in [0.2, 0.25) is 0 Å². The summed E-state index contributed by atoms with van der Waals surface area (Å²) in [6.45, 7) is 7.53. The van der Waals surface area contributed by atoms with Gasteiger partial charge in [0.05, 0.1) is 17.7 Å². The normalized spacial score (nSPS) is 31.3. The third-order valence-corrected chi connectivity index (χ3v) is 4.33. The first-order valence-corrected chi connectivity index (χ1v) is 6.55. The molecule has 1 fully saturated rings. The van der Waals surface area contributed by atoms with Crippen molar-refractivity contribution in [3.05, 3.63) is 10.6 Å². The lowest BCUT2D eigenvalue weighted by atomic mass is 9.74. The summed E-state index contributed by atoms with van der Waals surface area (Å²) in [7, 11) is 0. The molecule has 0 N–H and O–H groups in total. The van der Waals surface area contributed by atoms with Gasteiger partial charge in [-0.3, -0.25) is 9.69 Å². The molecule has 0 radical (unpaired) electrons. The number of morpholine rings is 1. The Balaban J connectivity index is 2.18. The van der Waals surface area contributed by atoms with E-state index in [-0.39, 0.29) is 11.2 Å². The Morgan fingerprint density at radius 2 is 2.06 bits per heavy atom. The zero-order chi connectivity index (χ0) is 11.8. The van der Waals surface area contributed by atoms with Gasteiger partial charge in [-0.15, -0.1) is 0 Å². The number of allylic oxidation sites excluding steroid dienone is 1. The Labute approximate surface area is 105 Å². The van der Waals surface area contributed by atoms with Gasteiger partial charge in [-0.25, -0.2) is 0 Å². The monoisotopic (exact) mass is 287 g/mol. The lowest BCUT2D eigenvalue weighted by molar-refractivity contribution is -0.128. The van der Waals surface area contributed by atoms with Crippen LogP contribution >= 0.6 is 15.9 Å². The maximum Gasteiger partial charge on any atom is 0.176 e. The first-order chi connectivity index (χ1) is 7.53. The summed E-state index contributed by atoms with van der Waals surface area (Å²) in [5, 5.41) is 0. The zero-order valence-corrected chi connectivity index (χ0v) is 11.4. The van der Waals surface area contributed by atoms with Gasteiger partial charge in [0, 0.05) is 24.5 Å². The third-order valence-electron chi connectivity index (χ3n) is 3.64. The number of carbonyl (C=O) groups is 1. The van der Waals surface area contributed by atoms with Crippen molar-refractivity contribution in [2.45, 2.75) is 26.3 Å². The van der Waals surface area contributed by atoms with Crippen molar-refractivity contribution in [3.8, 4) is 0 Å². The van der Waals surface area contributed by atoms with E-state index < -0.39 is 0 Å². The highest BCUT2D eigenvalue weighted by Gasteiger charge is 2.43. The summed E-state index contributed by atoms with van der Waals surface area (Å²) < 4.78 is 6.09. The van der Waals surface area contributed by atoms with Gasteiger partial charge in [0.25, 0.3) is 0 Å². The van der Waals surface area contributed by atoms with E-state index in [1.54, 1.807) is 0 Å². The second kappa shape index (κ2) is 4.59. The number of rotatable bonds is 1. The summed E-state index contributed by atoms with van der Waals surface area (Å²) in [5.41, 5.74) is -0.301. The van der Waals surface area contributed by atoms with Crippen LogP contribution in [0.25, 0.3) is 0 Å². The van der Waals surface area contributed by atoms with Crippen LogP contribution in [0, 0.1) is 5.41 Å². The molecule has 1 atom stereocenters. The van der Waals surface area contributed by atoms with Crippen LogP contribution in [-0.4, -0.2) is 43.0 Å². The molecule has 16 heavy (non-hydrogen) atoms. The molecule has 0 bridgehead atoms. The Hall–Kier alpha value is -0.190. The second-order valence-corrected chi connectivity index (χ2v) is 5.86. The van der Waals surface area contributed by atoms with Crippen molar-refractivity contribution >= 4 is 21.7 Å². The van der Waals surface area contributed by atoms with Crippen LogP contribution in [0.15, 0.2) is 10.6 Å². The molecule has 90 valence electrons. The first-order valence-electron chi connectivity index (χ1n) is 5.75. The predicted molar refractivity (Wildman–Crippen MR) is 66.6 cm³/mol. The fourth-order valence-corrected chi connectivity index (χ4v) is 3.25. The highest BCUT2D eigenvalue weighted by Crippen LogP contribution is 2.37. The summed E-state index contributed by atoms with van der Waals surface area (Å²) in [5.74, 6) is 0.218. The van der Waals surface area contributed by atoms with Gasteiger partial charge >= 0.3 is 0 Å². The molecule has 2 rings (SSSR count). The van der Waals surface area contributed by atoms with E-state index in [0.717, 1.165) is 37.2 Å². The van der Waals surface area contributed by atoms with Crippen molar-refractivity contribution in [3.63, 3.8) is 0 Å². The number of Topliss-reactive ketones (excluding diaryl/α,β-unsaturated/α-hetero) is 1. The lowest BCUT2D eigenvalue weighted by Crippen LogP contribution is -2.54. The number of hydrogen-bond acceptors (Lipinski definition) is 3. The number of hydrogen-bond donors (Lipinski definition) is 0. The highest BCUT2D eigenvalue weighted by molar-refractivity contribution is 9.12. The van der Waals surface area contributed by atoms with Crippen LogP contribution in [0.4, 0.5) is 0 Å². The number of halogens is 1. The van der Waals surface area contributed by atoms with Crippen LogP contribution in [0.5, 0.6) is 0 Å². The molecule has 1 aliphatic heterocycles. The quantitative estimate of drug-likeness (QED) is 0.739. The van der Waals surface area contributed by atoms with Crippen molar-refractivity contribution in [1.29, 1.82) is 0 Å². The van der Waals surface area contributed by atoms with Crippen LogP contribution in [-0.2, 0) is 9.53 Å². The van der Waals surface area contributed by atoms with Crippen LogP contribution in [0.1, 0.15) is 20.3 Å². The summed E-state index contributed by atoms with van der Waals surface area (Å²) in [6, 6.07) is 0.310. The standard InChI is InChI=1S/C12H18BrNO2/c1-12(2)10(4-3-9(13)11(12)15)14-5-7-16-8-6-14/h3,10H,4-8H2,1-2H3. The summed E-state index contributed by atoms with van der Waals surface area (Å²) in [6.07, 6.45) is 2.95. The van der Waals surface area contributed by atoms with E-state index in [0.29, 0.717) is 6.04 Å². The molecule has 3 nitrogen and oxygen atoms in total. The number of nitrogens with zero attached hydrogens (tertiary/aromatic N) is 1. The highest BCUT2D eigenvalue weighted by atomic mass is 79.9. The SMILES string of the molecule is CC1(C)C(=O)C(Br)=CCC1N1CCOCC1. The molecular formula is C12H18BrNO2. The number of ketones is 1. The molecule has 0 saturated carbocycles. The molecule has 0 aromatic rings. The Kier molecular flexibility index (Phi) is 3.52. The Morgan fingerprint density at radius 1 is 1.44 bits per heavy atom. The lowest BCUT2D eigenvalue weighted by Gasteiger charge is -2.44. The largest absolute Gasteiger partial charge is 0.379 e. The van der Waals surface area contributed by atoms with Crippen molar-refractivity contribution in [2.24, 2.45) is 5.41 Å². The maximum atomic E-state index is 12.1. The minimum atomic E-state index is -0.301. The van der Waals surface area contributed by atoms with Gasteiger partial charge in [0.1, 0.15) is 0 Å². The van der Waals surface area contributed by atoms with Crippen LogP contribution in [0.2, 0.25) is 0 Å². The van der Waals surface area contributed by atoms with Gasteiger partial charge in [-0.1, -0.05) is 19.9 Å². The molecule has 1 unspecified atom stereocenters. The third kappa shape index (κ3) is 2.11. The average molecular weight is 288 g/mol. The zero-order valence-electron chi connectivity index (χ0n) is 9.83. The van der Waals surface area contributed by atoms with Gasteiger partial charge in [0.15, 0.2) is 5.78 Å². The van der Waals surface area contributed by atoms with Crippen molar-refractivity contribution in [1.82, 2.24) is 4.90 Å². The van der Waals surface area contributed by atoms with Crippen LogP contribution < -0.4 is 0 Å². The van der Waals surface area contributed by atoms with E-state index in [4.69, 9.17) is 4.74 Å². The second-order valence-electron chi connectivity index (χ2n) is 5.00. The van der Waals surface area contributed by atoms with Gasteiger partial charge in [-0.2, -0.15) is 0 Å². The van der Waals surface area contributed by atoms with E-state index in [1.807, 2.05) is 19.9 Å². The average Bonchev–Trinajstić information content (AvgIpc) is 2.27. The molecule has 0 aromatic heterocycles. The van der Waals surface area contributed by atoms with Crippen molar-refractivity contribution < 1.29 is 9.53 Å². The first kappa shape index (κ1) is 12.3. The van der Waals surface area contributed by atoms with E-state index in [2.05, 4.69) is 20.8 Å². The van der Waals surface area contributed by atoms with E-state index in [1.165, 1.54) is 0 Å². The molecule has 0 amide bonds. The summed E-state index contributed by atoms with van der Waals surface area (Å²) >= 11 is 3.35. The molecule has 0 spiro atoms. The Bertz CT molecular complexity index is 319. The molecular weight excluding hydrogens is 270 g/mol. The Morgan fingerprint density at radius 3 is 2.69 bits per heavy atom. The van der Waals surface area contributed by atoms with Gasteiger partial charge < -0.3 is 4.74 Å². The molecule has 2 aliphatic rings. The molecule has 0 aromatic carbocycles. The van der Waals surface area contributed by atoms with E-state index in [9.17, 15) is 4.79 Å². The molecule has 1 aliphatic carbocycles. The fraction of sp³-hybridized carbons (Fsp3) is 0.750. The fourth-order valence-electron chi connectivity index (χ4n) is 2.56. The minimum Gasteiger partial charge on any atom is -0.379 e. The summed E-state index contributed by atoms with van der Waals surface area (Å²) in [4.78, 5) is 14.5. The van der Waals surface area contributed by atoms with Crippen LogP contribution in [0.3, 0.4) is 0 Å².